The summed E-state index contributed by atoms with van der Waals surface area (Å²) in [6.07, 6.45) is 9.47. The molecule has 0 aliphatic carbocycles. The van der Waals surface area contributed by atoms with Gasteiger partial charge in [-0.25, -0.2) is 29.5 Å². The average Bonchev–Trinajstić information content (AvgIpc) is 3.26. The Bertz CT molecular complexity index is 1370. The molecule has 1 aliphatic heterocycles. The second-order valence-electron chi connectivity index (χ2n) is 14.4. The molecule has 12 heteroatoms. The van der Waals surface area contributed by atoms with Gasteiger partial charge in [-0.15, -0.1) is 32.1 Å². The van der Waals surface area contributed by atoms with Gasteiger partial charge in [-0.05, 0) is 53.9 Å². The molecule has 2 aromatic rings. The molecule has 0 saturated heterocycles. The lowest BCUT2D eigenvalue weighted by molar-refractivity contribution is 0.407. The topological polar surface area (TPSA) is 127 Å². The van der Waals surface area contributed by atoms with Gasteiger partial charge in [0.2, 0.25) is 0 Å². The largest absolute Gasteiger partial charge is 0.422 e. The minimum Gasteiger partial charge on any atom is -0.422 e. The lowest BCUT2D eigenvalue weighted by Gasteiger charge is -2.30. The molecule has 294 valence electrons. The van der Waals surface area contributed by atoms with Gasteiger partial charge in [0.15, 0.2) is 0 Å². The number of benzene rings is 2. The van der Waals surface area contributed by atoms with Crippen LogP contribution in [-0.4, -0.2) is 30.2 Å². The zero-order valence-electron chi connectivity index (χ0n) is 33.1. The van der Waals surface area contributed by atoms with Crippen molar-refractivity contribution in [2.24, 2.45) is 35.3 Å². The summed E-state index contributed by atoms with van der Waals surface area (Å²) < 4.78 is 38.1. The van der Waals surface area contributed by atoms with Gasteiger partial charge in [-0.2, -0.15) is 0 Å². The summed E-state index contributed by atoms with van der Waals surface area (Å²) in [7, 11) is -6.50. The van der Waals surface area contributed by atoms with Crippen molar-refractivity contribution in [3.05, 3.63) is 111 Å². The van der Waals surface area contributed by atoms with Crippen LogP contribution in [0.5, 0.6) is 11.5 Å². The molecular weight excluding hydrogens is 712 g/mol. The van der Waals surface area contributed by atoms with Crippen molar-refractivity contribution in [1.29, 1.82) is 0 Å². The van der Waals surface area contributed by atoms with E-state index in [-0.39, 0.29) is 54.5 Å². The van der Waals surface area contributed by atoms with E-state index in [0.29, 0.717) is 29.3 Å². The fraction of sp³-hybridized carbons (Fsp3) is 0.500. The van der Waals surface area contributed by atoms with Crippen LogP contribution in [0.4, 0.5) is 0 Å². The van der Waals surface area contributed by atoms with E-state index in [1.807, 2.05) is 76.2 Å². The summed E-state index contributed by atoms with van der Waals surface area (Å²) in [6, 6.07) is 18.4. The van der Waals surface area contributed by atoms with Crippen LogP contribution >= 0.6 is 27.7 Å². The molecule has 3 rings (SSSR count). The molecule has 0 fully saturated rings. The number of nitrogens with one attached hydrogen (secondary N) is 4. The van der Waals surface area contributed by atoms with Crippen molar-refractivity contribution < 1.29 is 18.2 Å². The summed E-state index contributed by atoms with van der Waals surface area (Å²) in [5.74, 6) is 2.83. The minimum atomic E-state index is -3.34. The molecule has 2 aromatic carbocycles. The normalized spacial score (nSPS) is 18.5. The maximum absolute atomic E-state index is 13.4. The lowest BCUT2D eigenvalue weighted by Crippen LogP contribution is -2.40. The first-order chi connectivity index (χ1) is 23.9. The van der Waals surface area contributed by atoms with E-state index in [1.165, 1.54) is 0 Å². The van der Waals surface area contributed by atoms with Crippen molar-refractivity contribution >= 4 is 27.7 Å². The quantitative estimate of drug-likeness (QED) is 0.0836. The van der Waals surface area contributed by atoms with Gasteiger partial charge in [0, 0.05) is 30.2 Å². The molecule has 1 aliphatic rings. The Hall–Kier alpha value is -2.45. The zero-order valence-corrected chi connectivity index (χ0v) is 35.7. The highest BCUT2D eigenvalue weighted by Gasteiger charge is 2.35. The van der Waals surface area contributed by atoms with Crippen molar-refractivity contribution in [3.63, 3.8) is 0 Å². The number of para-hydroxylation sites is 2. The van der Waals surface area contributed by atoms with Gasteiger partial charge >= 0.3 is 15.3 Å². The highest BCUT2D eigenvalue weighted by atomic mass is 35.5. The third kappa shape index (κ3) is 18.5. The molecule has 0 amide bonds. The summed E-state index contributed by atoms with van der Waals surface area (Å²) in [5.41, 5.74) is 5.50. The predicted molar refractivity (Wildman–Crippen MR) is 226 cm³/mol. The third-order valence-electron chi connectivity index (χ3n) is 8.18. The molecule has 0 bridgehead atoms. The van der Waals surface area contributed by atoms with Crippen molar-refractivity contribution in [3.8, 4) is 11.5 Å². The van der Waals surface area contributed by atoms with E-state index in [0.717, 1.165) is 0 Å². The molecule has 1 heterocycles. The molecule has 0 radical (unpaired) electrons. The standard InChI is InChI=1S/C18H29N2O2P.C16H25N2O2P.C6H13N.ClH/c1-7-17(14(3)4)19-23(21,20-18(8-2)15(5)6)22-16-12-10-9-11-13-16;1-12(2)15-10-11-16(13(3)4)18-21(19,17-15)20-14-8-6-5-7-9-14;1-4-6(7)5(2)3;/h7-15,17-18H,1-2H2,3-6H3,(H2,19,20,21);5-13,15-16H,1-4H3,(H2,17,18,19);4-6H,1,7H2,2-3H3;1H/t17-,18-;15-,16-;;/m11../s1. The van der Waals surface area contributed by atoms with Gasteiger partial charge in [-0.3, -0.25) is 0 Å². The highest BCUT2D eigenvalue weighted by molar-refractivity contribution is 7.55. The smallest absolute Gasteiger partial charge is 0.391 e. The molecule has 1 unspecified atom stereocenters. The maximum Gasteiger partial charge on any atom is 0.391 e. The van der Waals surface area contributed by atoms with E-state index >= 15 is 0 Å². The van der Waals surface area contributed by atoms with E-state index in [4.69, 9.17) is 14.8 Å². The van der Waals surface area contributed by atoms with Crippen molar-refractivity contribution in [2.75, 3.05) is 0 Å². The predicted octanol–water partition coefficient (Wildman–Crippen LogP) is 10.3. The zero-order chi connectivity index (χ0) is 38.8. The molecule has 0 spiro atoms. The molecule has 9 nitrogen and oxygen atoms in total. The first kappa shape index (κ1) is 49.6. The minimum absolute atomic E-state index is 0. The van der Waals surface area contributed by atoms with Crippen LogP contribution in [0.25, 0.3) is 0 Å². The summed E-state index contributed by atoms with van der Waals surface area (Å²) >= 11 is 0. The Balaban J connectivity index is 0.000000834. The molecule has 0 aromatic heterocycles. The average molecular weight is 780 g/mol. The van der Waals surface area contributed by atoms with Gasteiger partial charge in [0.05, 0.1) is 0 Å². The molecule has 6 N–H and O–H groups in total. The molecule has 52 heavy (non-hydrogen) atoms. The van der Waals surface area contributed by atoms with Gasteiger partial charge in [-0.1, -0.05) is 136 Å². The highest BCUT2D eigenvalue weighted by Crippen LogP contribution is 2.43. The van der Waals surface area contributed by atoms with Crippen molar-refractivity contribution in [1.82, 2.24) is 20.3 Å². The Morgan fingerprint density at radius 2 is 1.08 bits per heavy atom. The Labute approximate surface area is 322 Å². The summed E-state index contributed by atoms with van der Waals surface area (Å²) in [4.78, 5) is 0. The van der Waals surface area contributed by atoms with Gasteiger partial charge in [0.1, 0.15) is 11.5 Å². The van der Waals surface area contributed by atoms with E-state index < -0.39 is 15.3 Å². The van der Waals surface area contributed by atoms with Crippen LogP contribution in [0.1, 0.15) is 69.2 Å². The second kappa shape index (κ2) is 24.8. The van der Waals surface area contributed by atoms with Gasteiger partial charge < -0.3 is 14.8 Å². The van der Waals surface area contributed by atoms with Crippen molar-refractivity contribution in [2.45, 2.75) is 99.4 Å². The SMILES string of the molecule is C=CC(N)C(C)C.C=C[C@@H](NP(=O)(N[C@H](C=C)C(C)C)Oc1ccccc1)C(C)C.CC(C)[C@H]1C=C[C@H](C(C)C)NP(=O)(Oc2ccccc2)N1.Cl. The Morgan fingerprint density at radius 1 is 0.692 bits per heavy atom. The van der Waals surface area contributed by atoms with E-state index in [2.05, 4.69) is 93.8 Å². The Kier molecular flexibility index (Phi) is 23.6. The fourth-order valence-electron chi connectivity index (χ4n) is 4.51. The maximum atomic E-state index is 13.4. The van der Waals surface area contributed by atoms with Crippen LogP contribution in [-0.2, 0) is 9.13 Å². The van der Waals surface area contributed by atoms with Crippen LogP contribution in [0.2, 0.25) is 0 Å². The van der Waals surface area contributed by atoms with Gasteiger partial charge in [0.25, 0.3) is 0 Å². The van der Waals surface area contributed by atoms with Crippen LogP contribution in [0.15, 0.2) is 111 Å². The Morgan fingerprint density at radius 3 is 1.37 bits per heavy atom. The van der Waals surface area contributed by atoms with E-state index in [1.54, 1.807) is 30.4 Å². The number of hydrogen-bond acceptors (Lipinski definition) is 5. The van der Waals surface area contributed by atoms with Crippen LogP contribution in [0.3, 0.4) is 0 Å². The molecule has 0 saturated carbocycles. The second-order valence-corrected chi connectivity index (χ2v) is 18.0. The first-order valence-corrected chi connectivity index (χ1v) is 21.3. The lowest BCUT2D eigenvalue weighted by atomic mass is 10.0. The number of halogens is 1. The fourth-order valence-corrected chi connectivity index (χ4v) is 8.86. The number of hydrogen-bond donors (Lipinski definition) is 5. The monoisotopic (exact) mass is 779 g/mol. The number of nitrogens with two attached hydrogens (primary N) is 1. The molecular formula is C40H68ClN5O4P2. The molecule has 5 atom stereocenters. The van der Waals surface area contributed by atoms with Crippen LogP contribution in [0, 0.1) is 29.6 Å². The summed E-state index contributed by atoms with van der Waals surface area (Å²) in [6.45, 7) is 31.9. The number of rotatable bonds is 16. The van der Waals surface area contributed by atoms with E-state index in [9.17, 15) is 9.13 Å². The third-order valence-corrected chi connectivity index (χ3v) is 11.7. The first-order valence-electron chi connectivity index (χ1n) is 18.0. The van der Waals surface area contributed by atoms with Crippen LogP contribution < -0.4 is 35.1 Å². The summed E-state index contributed by atoms with van der Waals surface area (Å²) in [5, 5.41) is 12.5.